The van der Waals surface area contributed by atoms with Crippen molar-refractivity contribution in [1.29, 1.82) is 0 Å². The Morgan fingerprint density at radius 1 is 1.27 bits per heavy atom. The summed E-state index contributed by atoms with van der Waals surface area (Å²) in [7, 11) is 3.63. The molecule has 0 radical (unpaired) electrons. The molecule has 5 nitrogen and oxygen atoms in total. The number of amides is 2. The van der Waals surface area contributed by atoms with Crippen LogP contribution in [0.5, 0.6) is 0 Å². The monoisotopic (exact) mass is 304 g/mol. The molecule has 1 aromatic rings. The van der Waals surface area contributed by atoms with Crippen LogP contribution in [0.1, 0.15) is 35.7 Å². The maximum Gasteiger partial charge on any atom is 0.275 e. The van der Waals surface area contributed by atoms with Crippen molar-refractivity contribution in [3.8, 4) is 0 Å². The lowest BCUT2D eigenvalue weighted by Gasteiger charge is -2.17. The first-order valence-corrected chi connectivity index (χ1v) is 7.91. The zero-order valence-corrected chi connectivity index (χ0v) is 13.6. The largest absolute Gasteiger partial charge is 0.355 e. The summed E-state index contributed by atoms with van der Waals surface area (Å²) in [4.78, 5) is 24.6. The maximum absolute atomic E-state index is 12.0. The van der Waals surface area contributed by atoms with Gasteiger partial charge in [-0.3, -0.25) is 9.59 Å². The third-order valence-electron chi connectivity index (χ3n) is 4.13. The van der Waals surface area contributed by atoms with E-state index in [0.29, 0.717) is 24.1 Å². The summed E-state index contributed by atoms with van der Waals surface area (Å²) in [5, 5.41) is 5.68. The van der Waals surface area contributed by atoms with E-state index in [-0.39, 0.29) is 11.8 Å². The summed E-state index contributed by atoms with van der Waals surface area (Å²) in [6.45, 7) is 3.32. The number of carbonyl (C=O) groups excluding carboxylic acids is 2. The zero-order chi connectivity index (χ0) is 16.1. The van der Waals surface area contributed by atoms with Gasteiger partial charge in [0.15, 0.2) is 6.54 Å². The molecule has 1 aromatic carbocycles. The van der Waals surface area contributed by atoms with Crippen molar-refractivity contribution < 1.29 is 14.5 Å². The van der Waals surface area contributed by atoms with E-state index in [1.165, 1.54) is 12.8 Å². The molecule has 2 amide bonds. The van der Waals surface area contributed by atoms with E-state index in [9.17, 15) is 9.59 Å². The van der Waals surface area contributed by atoms with E-state index < -0.39 is 0 Å². The minimum Gasteiger partial charge on any atom is -0.355 e. The second-order valence-corrected chi connectivity index (χ2v) is 6.28. The predicted octanol–water partition coefficient (Wildman–Crippen LogP) is -0.0244. The van der Waals surface area contributed by atoms with Gasteiger partial charge in [0.1, 0.15) is 6.54 Å². The maximum atomic E-state index is 12.0. The molecule has 0 aliphatic heterocycles. The molecular formula is C17H26N3O2+. The molecule has 1 saturated carbocycles. The van der Waals surface area contributed by atoms with Crippen LogP contribution in [0.4, 0.5) is 0 Å². The van der Waals surface area contributed by atoms with Crippen LogP contribution in [-0.4, -0.2) is 38.5 Å². The number of carbonyl (C=O) groups is 2. The highest BCUT2D eigenvalue weighted by atomic mass is 16.2. The number of likely N-dealkylation sites (N-methyl/N-ethyl adjacent to an activating group) is 1. The first-order chi connectivity index (χ1) is 10.5. The molecule has 0 bridgehead atoms. The third kappa shape index (κ3) is 4.84. The molecule has 1 unspecified atom stereocenters. The molecule has 0 heterocycles. The summed E-state index contributed by atoms with van der Waals surface area (Å²) < 4.78 is 0. The highest BCUT2D eigenvalue weighted by Crippen LogP contribution is 2.32. The summed E-state index contributed by atoms with van der Waals surface area (Å²) in [5.74, 6) is 0.709. The van der Waals surface area contributed by atoms with E-state index in [1.54, 1.807) is 7.05 Å². The number of hydrogen-bond donors (Lipinski definition) is 3. The Hall–Kier alpha value is -1.88. The number of quaternary nitrogens is 1. The van der Waals surface area contributed by atoms with Gasteiger partial charge in [0.05, 0.1) is 7.05 Å². The van der Waals surface area contributed by atoms with Crippen molar-refractivity contribution in [2.24, 2.45) is 5.92 Å². The molecule has 0 aromatic heterocycles. The minimum atomic E-state index is -0.0827. The van der Waals surface area contributed by atoms with Crippen LogP contribution in [-0.2, 0) is 11.3 Å². The van der Waals surface area contributed by atoms with Gasteiger partial charge in [0.25, 0.3) is 11.8 Å². The number of rotatable bonds is 7. The van der Waals surface area contributed by atoms with Crippen LogP contribution in [0, 0.1) is 5.92 Å². The average molecular weight is 304 g/mol. The second kappa shape index (κ2) is 7.40. The SMILES string of the molecule is CNC(=O)c1ccc(C[NH+](C)CC(=O)N[C@@H](C)C2CC2)cc1. The summed E-state index contributed by atoms with van der Waals surface area (Å²) in [6, 6.07) is 7.82. The highest BCUT2D eigenvalue weighted by molar-refractivity contribution is 5.93. The van der Waals surface area contributed by atoms with Gasteiger partial charge in [-0.25, -0.2) is 0 Å². The number of benzene rings is 1. The van der Waals surface area contributed by atoms with Crippen LogP contribution in [0.25, 0.3) is 0 Å². The van der Waals surface area contributed by atoms with Gasteiger partial charge < -0.3 is 15.5 Å². The predicted molar refractivity (Wildman–Crippen MR) is 85.6 cm³/mol. The van der Waals surface area contributed by atoms with Crippen LogP contribution < -0.4 is 15.5 Å². The van der Waals surface area contributed by atoms with Gasteiger partial charge >= 0.3 is 0 Å². The van der Waals surface area contributed by atoms with Gasteiger partial charge in [-0.1, -0.05) is 12.1 Å². The molecular weight excluding hydrogens is 278 g/mol. The van der Waals surface area contributed by atoms with E-state index in [0.717, 1.165) is 17.0 Å². The van der Waals surface area contributed by atoms with Gasteiger partial charge in [0, 0.05) is 24.2 Å². The first kappa shape index (κ1) is 16.5. The Balaban J connectivity index is 1.79. The van der Waals surface area contributed by atoms with E-state index in [2.05, 4.69) is 17.6 Å². The Morgan fingerprint density at radius 2 is 1.91 bits per heavy atom. The lowest BCUT2D eigenvalue weighted by atomic mass is 10.1. The Bertz CT molecular complexity index is 523. The molecule has 5 heteroatoms. The van der Waals surface area contributed by atoms with Gasteiger partial charge in [-0.15, -0.1) is 0 Å². The third-order valence-corrected chi connectivity index (χ3v) is 4.13. The van der Waals surface area contributed by atoms with E-state index >= 15 is 0 Å². The molecule has 22 heavy (non-hydrogen) atoms. The van der Waals surface area contributed by atoms with Crippen molar-refractivity contribution in [3.63, 3.8) is 0 Å². The second-order valence-electron chi connectivity index (χ2n) is 6.28. The number of nitrogens with one attached hydrogen (secondary N) is 3. The van der Waals surface area contributed by atoms with E-state index in [4.69, 9.17) is 0 Å². The Labute approximate surface area is 132 Å². The average Bonchev–Trinajstić information content (AvgIpc) is 3.31. The fourth-order valence-electron chi connectivity index (χ4n) is 2.62. The quantitative estimate of drug-likeness (QED) is 0.663. The normalized spacial score (nSPS) is 16.7. The molecule has 2 rings (SSSR count). The van der Waals surface area contributed by atoms with Crippen LogP contribution in [0.15, 0.2) is 24.3 Å². The van der Waals surface area contributed by atoms with Gasteiger partial charge in [0.2, 0.25) is 0 Å². The van der Waals surface area contributed by atoms with Gasteiger partial charge in [-0.2, -0.15) is 0 Å². The summed E-state index contributed by atoms with van der Waals surface area (Å²) in [6.07, 6.45) is 2.48. The topological polar surface area (TPSA) is 62.6 Å². The van der Waals surface area contributed by atoms with Crippen molar-refractivity contribution in [2.75, 3.05) is 20.6 Å². The molecule has 1 aliphatic carbocycles. The lowest BCUT2D eigenvalue weighted by molar-refractivity contribution is -0.885. The molecule has 2 atom stereocenters. The van der Waals surface area contributed by atoms with Crippen LogP contribution in [0.3, 0.4) is 0 Å². The molecule has 3 N–H and O–H groups in total. The van der Waals surface area contributed by atoms with E-state index in [1.807, 2.05) is 31.3 Å². The lowest BCUT2D eigenvalue weighted by Crippen LogP contribution is -3.09. The standard InChI is InChI=1S/C17H25N3O2/c1-12(14-8-9-14)19-16(21)11-20(3)10-13-4-6-15(7-5-13)17(22)18-2/h4-7,12,14H,8-11H2,1-3H3,(H,18,22)(H,19,21)/p+1/t12-/m0/s1. The fraction of sp³-hybridized carbons (Fsp3) is 0.529. The van der Waals surface area contributed by atoms with Crippen LogP contribution in [0.2, 0.25) is 0 Å². The highest BCUT2D eigenvalue weighted by Gasteiger charge is 2.29. The van der Waals surface area contributed by atoms with Crippen LogP contribution >= 0.6 is 0 Å². The number of hydrogen-bond acceptors (Lipinski definition) is 2. The molecule has 1 aliphatic rings. The van der Waals surface area contributed by atoms with Gasteiger partial charge in [-0.05, 0) is 37.8 Å². The van der Waals surface area contributed by atoms with Crippen molar-refractivity contribution >= 4 is 11.8 Å². The molecule has 0 spiro atoms. The summed E-state index contributed by atoms with van der Waals surface area (Å²) >= 11 is 0. The molecule has 120 valence electrons. The zero-order valence-electron chi connectivity index (χ0n) is 13.6. The Morgan fingerprint density at radius 3 is 2.45 bits per heavy atom. The Kier molecular flexibility index (Phi) is 5.55. The smallest absolute Gasteiger partial charge is 0.275 e. The summed E-state index contributed by atoms with van der Waals surface area (Å²) in [5.41, 5.74) is 1.77. The minimum absolute atomic E-state index is 0.0827. The first-order valence-electron chi connectivity index (χ1n) is 7.91. The van der Waals surface area contributed by atoms with Crippen molar-refractivity contribution in [1.82, 2.24) is 10.6 Å². The van der Waals surface area contributed by atoms with Crippen molar-refractivity contribution in [2.45, 2.75) is 32.4 Å². The fourth-order valence-corrected chi connectivity index (χ4v) is 2.62. The molecule has 1 fully saturated rings. The van der Waals surface area contributed by atoms with Crippen molar-refractivity contribution in [3.05, 3.63) is 35.4 Å². The molecule has 0 saturated heterocycles.